The predicted octanol–water partition coefficient (Wildman–Crippen LogP) is 2.54. The molecule has 1 atom stereocenters. The number of hydrogen-bond donors (Lipinski definition) is 1. The van der Waals surface area contributed by atoms with E-state index >= 15 is 0 Å². The number of aliphatic hydroxyl groups is 1. The van der Waals surface area contributed by atoms with Gasteiger partial charge in [-0.15, -0.1) is 0 Å². The Morgan fingerprint density at radius 3 is 2.80 bits per heavy atom. The van der Waals surface area contributed by atoms with E-state index in [2.05, 4.69) is 0 Å². The zero-order chi connectivity index (χ0) is 11.3. The average molecular weight is 212 g/mol. The molecule has 0 fully saturated rings. The van der Waals surface area contributed by atoms with Crippen LogP contribution in [0, 0.1) is 5.82 Å². The lowest BCUT2D eigenvalue weighted by Gasteiger charge is -2.08. The molecule has 1 N–H and O–H groups in total. The van der Waals surface area contributed by atoms with Crippen molar-refractivity contribution in [2.45, 2.75) is 32.3 Å². The fraction of sp³-hybridized carbons (Fsp3) is 0.500. The lowest BCUT2D eigenvalue weighted by Crippen LogP contribution is -2.01. The summed E-state index contributed by atoms with van der Waals surface area (Å²) < 4.78 is 18.5. The maximum Gasteiger partial charge on any atom is 0.168 e. The highest BCUT2D eigenvalue weighted by Gasteiger charge is 2.07. The highest BCUT2D eigenvalue weighted by Crippen LogP contribution is 2.21. The number of benzene rings is 1. The van der Waals surface area contributed by atoms with Crippen LogP contribution in [0.3, 0.4) is 0 Å². The van der Waals surface area contributed by atoms with Crippen molar-refractivity contribution >= 4 is 0 Å². The molecule has 0 aliphatic heterocycles. The normalized spacial score (nSPS) is 12.5. The molecule has 0 aliphatic rings. The molecule has 0 spiro atoms. The SMILES string of the molecule is COc1cccc(CCCC(C)O)c1F. The molecule has 0 aromatic heterocycles. The molecule has 1 rings (SSSR count). The van der Waals surface area contributed by atoms with Crippen LogP contribution < -0.4 is 4.74 Å². The van der Waals surface area contributed by atoms with Crippen molar-refractivity contribution < 1.29 is 14.2 Å². The third kappa shape index (κ3) is 3.51. The summed E-state index contributed by atoms with van der Waals surface area (Å²) in [6.45, 7) is 1.74. The van der Waals surface area contributed by atoms with Crippen molar-refractivity contribution in [3.8, 4) is 5.75 Å². The minimum absolute atomic E-state index is 0.282. The van der Waals surface area contributed by atoms with Gasteiger partial charge in [0.25, 0.3) is 0 Å². The van der Waals surface area contributed by atoms with Gasteiger partial charge in [0.1, 0.15) is 0 Å². The number of rotatable bonds is 5. The van der Waals surface area contributed by atoms with E-state index in [4.69, 9.17) is 9.84 Å². The Bertz CT molecular complexity index is 310. The third-order valence-corrected chi connectivity index (χ3v) is 2.33. The molecule has 84 valence electrons. The van der Waals surface area contributed by atoms with Crippen LogP contribution in [0.1, 0.15) is 25.3 Å². The Hall–Kier alpha value is -1.09. The van der Waals surface area contributed by atoms with Crippen LogP contribution in [-0.2, 0) is 6.42 Å². The van der Waals surface area contributed by atoms with Crippen molar-refractivity contribution in [2.75, 3.05) is 7.11 Å². The number of halogens is 1. The first-order valence-electron chi connectivity index (χ1n) is 5.14. The second-order valence-corrected chi connectivity index (χ2v) is 3.67. The minimum Gasteiger partial charge on any atom is -0.494 e. The summed E-state index contributed by atoms with van der Waals surface area (Å²) in [5.41, 5.74) is 0.648. The van der Waals surface area contributed by atoms with Crippen LogP contribution >= 0.6 is 0 Å². The Morgan fingerprint density at radius 2 is 2.20 bits per heavy atom. The van der Waals surface area contributed by atoms with Crippen LogP contribution in [0.15, 0.2) is 18.2 Å². The molecular formula is C12H17FO2. The highest BCUT2D eigenvalue weighted by molar-refractivity contribution is 5.31. The predicted molar refractivity (Wildman–Crippen MR) is 57.6 cm³/mol. The second kappa shape index (κ2) is 5.71. The molecular weight excluding hydrogens is 195 g/mol. The molecule has 1 aromatic carbocycles. The maximum atomic E-state index is 13.6. The second-order valence-electron chi connectivity index (χ2n) is 3.67. The molecule has 0 aliphatic carbocycles. The van der Waals surface area contributed by atoms with Gasteiger partial charge in [-0.1, -0.05) is 12.1 Å². The van der Waals surface area contributed by atoms with Crippen LogP contribution in [0.2, 0.25) is 0 Å². The Balaban J connectivity index is 2.61. The fourth-order valence-electron chi connectivity index (χ4n) is 1.49. The summed E-state index contributed by atoms with van der Waals surface area (Å²) in [6.07, 6.45) is 1.78. The maximum absolute atomic E-state index is 13.6. The van der Waals surface area contributed by atoms with Gasteiger partial charge in [0, 0.05) is 0 Å². The number of aryl methyl sites for hydroxylation is 1. The van der Waals surface area contributed by atoms with E-state index < -0.39 is 0 Å². The molecule has 0 bridgehead atoms. The summed E-state index contributed by atoms with van der Waals surface area (Å²) in [4.78, 5) is 0. The smallest absolute Gasteiger partial charge is 0.168 e. The quantitative estimate of drug-likeness (QED) is 0.812. The van der Waals surface area contributed by atoms with Crippen molar-refractivity contribution in [1.29, 1.82) is 0 Å². The number of hydrogen-bond acceptors (Lipinski definition) is 2. The standard InChI is InChI=1S/C12H17FO2/c1-9(14)5-3-6-10-7-4-8-11(15-2)12(10)13/h4,7-9,14H,3,5-6H2,1-2H3. The Morgan fingerprint density at radius 1 is 1.47 bits per heavy atom. The van der Waals surface area contributed by atoms with E-state index in [0.29, 0.717) is 18.4 Å². The monoisotopic (exact) mass is 212 g/mol. The van der Waals surface area contributed by atoms with E-state index in [1.165, 1.54) is 7.11 Å². The molecule has 0 heterocycles. The highest BCUT2D eigenvalue weighted by atomic mass is 19.1. The summed E-state index contributed by atoms with van der Waals surface area (Å²) in [5, 5.41) is 9.08. The van der Waals surface area contributed by atoms with Crippen LogP contribution in [0.5, 0.6) is 5.75 Å². The Kier molecular flexibility index (Phi) is 4.56. The molecule has 0 saturated carbocycles. The molecule has 2 nitrogen and oxygen atoms in total. The van der Waals surface area contributed by atoms with Gasteiger partial charge >= 0.3 is 0 Å². The van der Waals surface area contributed by atoms with E-state index in [0.717, 1.165) is 6.42 Å². The van der Waals surface area contributed by atoms with Crippen molar-refractivity contribution in [3.63, 3.8) is 0 Å². The molecule has 3 heteroatoms. The molecule has 1 aromatic rings. The topological polar surface area (TPSA) is 29.5 Å². The Labute approximate surface area is 89.7 Å². The lowest BCUT2D eigenvalue weighted by molar-refractivity contribution is 0.181. The molecule has 0 amide bonds. The molecule has 0 radical (unpaired) electrons. The van der Waals surface area contributed by atoms with Gasteiger partial charge in [-0.05, 0) is 37.8 Å². The van der Waals surface area contributed by atoms with Gasteiger partial charge in [0.2, 0.25) is 0 Å². The number of aliphatic hydroxyl groups excluding tert-OH is 1. The van der Waals surface area contributed by atoms with Gasteiger partial charge in [-0.25, -0.2) is 4.39 Å². The van der Waals surface area contributed by atoms with Gasteiger partial charge in [-0.2, -0.15) is 0 Å². The first-order valence-corrected chi connectivity index (χ1v) is 5.14. The molecule has 0 saturated heterocycles. The van der Waals surface area contributed by atoms with Crippen LogP contribution in [0.25, 0.3) is 0 Å². The summed E-state index contributed by atoms with van der Waals surface area (Å²) in [5.74, 6) is -0.00450. The molecule has 15 heavy (non-hydrogen) atoms. The molecule has 1 unspecified atom stereocenters. The van der Waals surface area contributed by atoms with Crippen LogP contribution in [-0.4, -0.2) is 18.3 Å². The van der Waals surface area contributed by atoms with E-state index in [1.807, 2.05) is 0 Å². The van der Waals surface area contributed by atoms with Gasteiger partial charge in [0.05, 0.1) is 13.2 Å². The first kappa shape index (κ1) is 12.0. The van der Waals surface area contributed by atoms with Gasteiger partial charge in [0.15, 0.2) is 11.6 Å². The lowest BCUT2D eigenvalue weighted by atomic mass is 10.1. The van der Waals surface area contributed by atoms with E-state index in [-0.39, 0.29) is 17.7 Å². The van der Waals surface area contributed by atoms with Gasteiger partial charge < -0.3 is 9.84 Å². The minimum atomic E-state index is -0.321. The third-order valence-electron chi connectivity index (χ3n) is 2.33. The van der Waals surface area contributed by atoms with E-state index in [1.54, 1.807) is 25.1 Å². The zero-order valence-corrected chi connectivity index (χ0v) is 9.16. The van der Waals surface area contributed by atoms with Crippen molar-refractivity contribution in [3.05, 3.63) is 29.6 Å². The summed E-state index contributed by atoms with van der Waals surface area (Å²) >= 11 is 0. The van der Waals surface area contributed by atoms with Crippen molar-refractivity contribution in [1.82, 2.24) is 0 Å². The van der Waals surface area contributed by atoms with Gasteiger partial charge in [-0.3, -0.25) is 0 Å². The van der Waals surface area contributed by atoms with Crippen molar-refractivity contribution in [2.24, 2.45) is 0 Å². The summed E-state index contributed by atoms with van der Waals surface area (Å²) in [6, 6.07) is 5.13. The van der Waals surface area contributed by atoms with Crippen LogP contribution in [0.4, 0.5) is 4.39 Å². The number of methoxy groups -OCH3 is 1. The van der Waals surface area contributed by atoms with E-state index in [9.17, 15) is 4.39 Å². The average Bonchev–Trinajstić information content (AvgIpc) is 2.20. The first-order chi connectivity index (χ1) is 7.15. The largest absolute Gasteiger partial charge is 0.494 e. The fourth-order valence-corrected chi connectivity index (χ4v) is 1.49. The zero-order valence-electron chi connectivity index (χ0n) is 9.16. The number of ether oxygens (including phenoxy) is 1. The summed E-state index contributed by atoms with van der Waals surface area (Å²) in [7, 11) is 1.46.